The van der Waals surface area contributed by atoms with Crippen LogP contribution in [0.25, 0.3) is 10.2 Å². The third-order valence-electron chi connectivity index (χ3n) is 5.87. The summed E-state index contributed by atoms with van der Waals surface area (Å²) in [6, 6.07) is 0. The van der Waals surface area contributed by atoms with Gasteiger partial charge in [-0.2, -0.15) is 0 Å². The van der Waals surface area contributed by atoms with Gasteiger partial charge in [-0.15, -0.1) is 11.3 Å². The van der Waals surface area contributed by atoms with Crippen molar-refractivity contribution in [2.24, 2.45) is 0 Å². The minimum atomic E-state index is 0.137. The second kappa shape index (κ2) is 7.85. The first-order valence-corrected chi connectivity index (χ1v) is 12.0. The van der Waals surface area contributed by atoms with Crippen LogP contribution in [0.5, 0.6) is 0 Å². The standard InChI is InChI=1S/C20H26N2O3S2/c23-19-17-15-7-1-2-8-16(15)27-18(17)21-20(26-12-14-6-4-10-25-14)22(19)11-13-5-3-9-24-13/h13-14H,1-12H2/t13-,14-/m0/s1. The molecule has 0 radical (unpaired) electrons. The molecular formula is C20H26N2O3S2. The highest BCUT2D eigenvalue weighted by molar-refractivity contribution is 7.99. The van der Waals surface area contributed by atoms with E-state index < -0.39 is 0 Å². The number of rotatable bonds is 5. The largest absolute Gasteiger partial charge is 0.377 e. The first kappa shape index (κ1) is 18.2. The summed E-state index contributed by atoms with van der Waals surface area (Å²) in [6.07, 6.45) is 9.31. The van der Waals surface area contributed by atoms with E-state index in [-0.39, 0.29) is 17.8 Å². The number of aryl methyl sites for hydroxylation is 2. The Morgan fingerprint density at radius 2 is 1.85 bits per heavy atom. The van der Waals surface area contributed by atoms with Gasteiger partial charge in [0.05, 0.1) is 24.1 Å². The van der Waals surface area contributed by atoms with Crippen molar-refractivity contribution in [1.29, 1.82) is 0 Å². The highest BCUT2D eigenvalue weighted by atomic mass is 32.2. The number of thiophene rings is 1. The van der Waals surface area contributed by atoms with Crippen LogP contribution in [0.4, 0.5) is 0 Å². The average Bonchev–Trinajstić information content (AvgIpc) is 3.43. The molecule has 0 amide bonds. The fourth-order valence-corrected chi connectivity index (χ4v) is 6.80. The molecule has 3 aliphatic rings. The van der Waals surface area contributed by atoms with Crippen molar-refractivity contribution in [3.05, 3.63) is 20.8 Å². The molecule has 2 aromatic heterocycles. The fraction of sp³-hybridized carbons (Fsp3) is 0.700. The normalized spacial score (nSPS) is 25.3. The minimum Gasteiger partial charge on any atom is -0.377 e. The Labute approximate surface area is 167 Å². The van der Waals surface area contributed by atoms with Gasteiger partial charge in [0, 0.05) is 23.8 Å². The maximum absolute atomic E-state index is 13.5. The molecule has 0 bridgehead atoms. The Hall–Kier alpha value is -0.890. The van der Waals surface area contributed by atoms with Crippen molar-refractivity contribution in [3.8, 4) is 0 Å². The topological polar surface area (TPSA) is 53.3 Å². The molecule has 1 aliphatic carbocycles. The monoisotopic (exact) mass is 406 g/mol. The molecule has 4 heterocycles. The maximum atomic E-state index is 13.5. The van der Waals surface area contributed by atoms with E-state index in [0.29, 0.717) is 6.54 Å². The molecule has 0 saturated carbocycles. The van der Waals surface area contributed by atoms with Crippen LogP contribution in [0.2, 0.25) is 0 Å². The molecule has 2 atom stereocenters. The van der Waals surface area contributed by atoms with E-state index >= 15 is 0 Å². The lowest BCUT2D eigenvalue weighted by Crippen LogP contribution is -2.29. The van der Waals surface area contributed by atoms with E-state index in [0.717, 1.165) is 72.9 Å². The molecule has 0 aromatic carbocycles. The Kier molecular flexibility index (Phi) is 5.28. The summed E-state index contributed by atoms with van der Waals surface area (Å²) in [5, 5.41) is 1.73. The van der Waals surface area contributed by atoms with Gasteiger partial charge in [0.2, 0.25) is 0 Å². The summed E-state index contributed by atoms with van der Waals surface area (Å²) in [5.41, 5.74) is 1.42. The van der Waals surface area contributed by atoms with Crippen molar-refractivity contribution in [2.75, 3.05) is 19.0 Å². The van der Waals surface area contributed by atoms with Gasteiger partial charge in [0.15, 0.2) is 5.16 Å². The van der Waals surface area contributed by atoms with Crippen LogP contribution in [0, 0.1) is 0 Å². The zero-order chi connectivity index (χ0) is 18.2. The van der Waals surface area contributed by atoms with Crippen molar-refractivity contribution < 1.29 is 9.47 Å². The van der Waals surface area contributed by atoms with Crippen molar-refractivity contribution in [1.82, 2.24) is 9.55 Å². The van der Waals surface area contributed by atoms with Crippen LogP contribution in [-0.4, -0.2) is 40.7 Å². The number of fused-ring (bicyclic) bond motifs is 3. The van der Waals surface area contributed by atoms with Gasteiger partial charge in [-0.3, -0.25) is 9.36 Å². The van der Waals surface area contributed by atoms with Gasteiger partial charge >= 0.3 is 0 Å². The van der Waals surface area contributed by atoms with Crippen molar-refractivity contribution >= 4 is 33.3 Å². The van der Waals surface area contributed by atoms with E-state index in [1.807, 2.05) is 4.57 Å². The molecule has 0 spiro atoms. The van der Waals surface area contributed by atoms with Gasteiger partial charge in [-0.05, 0) is 56.9 Å². The van der Waals surface area contributed by atoms with E-state index in [1.54, 1.807) is 23.1 Å². The van der Waals surface area contributed by atoms with Crippen LogP contribution in [0.1, 0.15) is 49.0 Å². The number of hydrogen-bond acceptors (Lipinski definition) is 6. The molecule has 146 valence electrons. The SMILES string of the molecule is O=c1c2c3c(sc2nc(SC[C@@H]2CCCO2)n1C[C@@H]1CCCO1)CCCC3. The van der Waals surface area contributed by atoms with Gasteiger partial charge in [0.1, 0.15) is 4.83 Å². The lowest BCUT2D eigenvalue weighted by Gasteiger charge is -2.17. The maximum Gasteiger partial charge on any atom is 0.263 e. The average molecular weight is 407 g/mol. The molecule has 5 nitrogen and oxygen atoms in total. The molecule has 0 unspecified atom stereocenters. The smallest absolute Gasteiger partial charge is 0.263 e. The van der Waals surface area contributed by atoms with Crippen LogP contribution in [-0.2, 0) is 28.9 Å². The predicted octanol–water partition coefficient (Wildman–Crippen LogP) is 3.79. The van der Waals surface area contributed by atoms with Crippen LogP contribution < -0.4 is 5.56 Å². The Morgan fingerprint density at radius 3 is 2.63 bits per heavy atom. The number of thioether (sulfide) groups is 1. The molecule has 2 fully saturated rings. The van der Waals surface area contributed by atoms with Crippen LogP contribution in [0.3, 0.4) is 0 Å². The van der Waals surface area contributed by atoms with E-state index in [2.05, 4.69) is 0 Å². The number of hydrogen-bond donors (Lipinski definition) is 0. The molecule has 2 aliphatic heterocycles. The van der Waals surface area contributed by atoms with Gasteiger partial charge in [-0.25, -0.2) is 4.98 Å². The number of nitrogens with zero attached hydrogens (tertiary/aromatic N) is 2. The number of aromatic nitrogens is 2. The molecule has 5 rings (SSSR count). The Morgan fingerprint density at radius 1 is 1.07 bits per heavy atom. The fourth-order valence-electron chi connectivity index (χ4n) is 4.43. The summed E-state index contributed by atoms with van der Waals surface area (Å²) >= 11 is 3.42. The van der Waals surface area contributed by atoms with Crippen molar-refractivity contribution in [3.63, 3.8) is 0 Å². The summed E-state index contributed by atoms with van der Waals surface area (Å²) in [7, 11) is 0. The molecule has 7 heteroatoms. The van der Waals surface area contributed by atoms with Crippen molar-refractivity contribution in [2.45, 2.75) is 75.3 Å². The highest BCUT2D eigenvalue weighted by Gasteiger charge is 2.25. The molecule has 2 aromatic rings. The lowest BCUT2D eigenvalue weighted by atomic mass is 9.97. The number of ether oxygens (including phenoxy) is 2. The molecule has 27 heavy (non-hydrogen) atoms. The summed E-state index contributed by atoms with van der Waals surface area (Å²) in [4.78, 5) is 20.8. The Balaban J connectivity index is 1.54. The first-order valence-electron chi connectivity index (χ1n) is 10.2. The van der Waals surface area contributed by atoms with Crippen LogP contribution >= 0.6 is 23.1 Å². The second-order valence-corrected chi connectivity index (χ2v) is 9.85. The minimum absolute atomic E-state index is 0.137. The summed E-state index contributed by atoms with van der Waals surface area (Å²) < 4.78 is 13.5. The third-order valence-corrected chi connectivity index (χ3v) is 8.17. The zero-order valence-corrected chi connectivity index (χ0v) is 17.2. The van der Waals surface area contributed by atoms with Gasteiger partial charge in [-0.1, -0.05) is 11.8 Å². The summed E-state index contributed by atoms with van der Waals surface area (Å²) in [5.74, 6) is 0.870. The zero-order valence-electron chi connectivity index (χ0n) is 15.6. The van der Waals surface area contributed by atoms with Gasteiger partial charge in [0.25, 0.3) is 5.56 Å². The Bertz CT molecular complexity index is 879. The third kappa shape index (κ3) is 3.59. The van der Waals surface area contributed by atoms with E-state index in [1.165, 1.54) is 23.3 Å². The lowest BCUT2D eigenvalue weighted by molar-refractivity contribution is 0.0937. The van der Waals surface area contributed by atoms with E-state index in [9.17, 15) is 4.79 Å². The molecule has 2 saturated heterocycles. The van der Waals surface area contributed by atoms with E-state index in [4.69, 9.17) is 14.5 Å². The van der Waals surface area contributed by atoms with Gasteiger partial charge < -0.3 is 9.47 Å². The molecule has 0 N–H and O–H groups in total. The quantitative estimate of drug-likeness (QED) is 0.559. The first-order chi connectivity index (χ1) is 13.3. The summed E-state index contributed by atoms with van der Waals surface area (Å²) in [6.45, 7) is 2.29. The highest BCUT2D eigenvalue weighted by Crippen LogP contribution is 2.35. The molecular weight excluding hydrogens is 380 g/mol. The van der Waals surface area contributed by atoms with Crippen LogP contribution in [0.15, 0.2) is 9.95 Å². The predicted molar refractivity (Wildman–Crippen MR) is 109 cm³/mol. The second-order valence-electron chi connectivity index (χ2n) is 7.78.